The van der Waals surface area contributed by atoms with Crippen molar-refractivity contribution < 1.29 is 9.59 Å². The zero-order valence-electron chi connectivity index (χ0n) is 17.3. The number of allylic oxidation sites excluding steroid dienone is 2. The fourth-order valence-corrected chi connectivity index (χ4v) is 5.07. The number of nitrogens with zero attached hydrogens (tertiary/aromatic N) is 2. The second-order valence-corrected chi connectivity index (χ2v) is 8.58. The summed E-state index contributed by atoms with van der Waals surface area (Å²) in [6.07, 6.45) is 14.5. The summed E-state index contributed by atoms with van der Waals surface area (Å²) in [4.78, 5) is 26.8. The van der Waals surface area contributed by atoms with Crippen LogP contribution < -0.4 is 0 Å². The summed E-state index contributed by atoms with van der Waals surface area (Å²) in [5.41, 5.74) is 7.25. The number of hydrogen-bond acceptors (Lipinski definition) is 3. The lowest BCUT2D eigenvalue weighted by atomic mass is 9.87. The lowest BCUT2D eigenvalue weighted by molar-refractivity contribution is -0.110. The number of benzene rings is 1. The van der Waals surface area contributed by atoms with Gasteiger partial charge in [0.15, 0.2) is 0 Å². The second kappa shape index (κ2) is 7.69. The Morgan fingerprint density at radius 2 is 2.07 bits per heavy atom. The molecule has 0 spiro atoms. The van der Waals surface area contributed by atoms with Gasteiger partial charge in [0, 0.05) is 37.5 Å². The van der Waals surface area contributed by atoms with Crippen LogP contribution in [0.5, 0.6) is 0 Å². The molecule has 2 bridgehead atoms. The number of fused-ring (bicyclic) bond motifs is 3. The predicted molar refractivity (Wildman–Crippen MR) is 118 cm³/mol. The van der Waals surface area contributed by atoms with Gasteiger partial charge in [0.05, 0.1) is 5.69 Å². The van der Waals surface area contributed by atoms with E-state index in [9.17, 15) is 9.59 Å². The van der Waals surface area contributed by atoms with Crippen molar-refractivity contribution in [2.75, 3.05) is 13.6 Å². The van der Waals surface area contributed by atoms with E-state index in [0.29, 0.717) is 6.42 Å². The van der Waals surface area contributed by atoms with Crippen LogP contribution in [0.25, 0.3) is 6.08 Å². The standard InChI is InChI=1S/C26H26N2O2/c1-27-15-19(17-29)12-22-20-8-5-9-24-23(13-20)21(14-25(22)27)16-28(24)26(30)11-10-18-6-3-2-4-7-18/h2-9,12,16-17,19,25H,10-11,13-15H2,1H3/t19-,25-/m1/s1. The Hall–Kier alpha value is -2.98. The first-order valence-electron chi connectivity index (χ1n) is 10.7. The number of likely N-dealkylation sites (N-methyl/N-ethyl adjacent to an activating group) is 1. The van der Waals surface area contributed by atoms with Gasteiger partial charge >= 0.3 is 0 Å². The van der Waals surface area contributed by atoms with Crippen molar-refractivity contribution in [3.05, 3.63) is 88.3 Å². The summed E-state index contributed by atoms with van der Waals surface area (Å²) >= 11 is 0. The minimum Gasteiger partial charge on any atom is -0.303 e. The van der Waals surface area contributed by atoms with E-state index in [1.165, 1.54) is 27.8 Å². The molecule has 1 aromatic heterocycles. The van der Waals surface area contributed by atoms with Gasteiger partial charge in [0.1, 0.15) is 6.29 Å². The minimum atomic E-state index is -0.0502. The van der Waals surface area contributed by atoms with Crippen LogP contribution in [0.2, 0.25) is 0 Å². The zero-order valence-corrected chi connectivity index (χ0v) is 17.3. The first-order valence-corrected chi connectivity index (χ1v) is 10.7. The summed E-state index contributed by atoms with van der Waals surface area (Å²) in [5.74, 6) is 0.0922. The maximum Gasteiger partial charge on any atom is 0.231 e. The van der Waals surface area contributed by atoms with E-state index >= 15 is 0 Å². The molecule has 0 N–H and O–H groups in total. The van der Waals surface area contributed by atoms with Crippen LogP contribution in [-0.2, 0) is 24.1 Å². The number of aryl methyl sites for hydroxylation is 1. The minimum absolute atomic E-state index is 0.0502. The highest BCUT2D eigenvalue weighted by Crippen LogP contribution is 2.38. The van der Waals surface area contributed by atoms with Crippen molar-refractivity contribution >= 4 is 18.3 Å². The van der Waals surface area contributed by atoms with Gasteiger partial charge in [0.2, 0.25) is 5.91 Å². The van der Waals surface area contributed by atoms with Crippen molar-refractivity contribution in [2.24, 2.45) is 5.92 Å². The van der Waals surface area contributed by atoms with Gasteiger partial charge in [-0.3, -0.25) is 14.3 Å². The fourth-order valence-electron chi connectivity index (χ4n) is 5.07. The van der Waals surface area contributed by atoms with Crippen molar-refractivity contribution in [3.8, 4) is 0 Å². The van der Waals surface area contributed by atoms with Gasteiger partial charge in [-0.25, -0.2) is 0 Å². The highest BCUT2D eigenvalue weighted by Gasteiger charge is 2.34. The van der Waals surface area contributed by atoms with Gasteiger partial charge in [0.25, 0.3) is 0 Å². The number of rotatable bonds is 4. The molecular weight excluding hydrogens is 372 g/mol. The van der Waals surface area contributed by atoms with Crippen LogP contribution in [0.4, 0.5) is 0 Å². The Morgan fingerprint density at radius 3 is 2.87 bits per heavy atom. The molecule has 0 saturated carbocycles. The molecule has 2 heterocycles. The average Bonchev–Trinajstić information content (AvgIpc) is 2.91. The molecule has 2 atom stereocenters. The molecular formula is C26H26N2O2. The number of aldehydes is 1. The Kier molecular flexibility index (Phi) is 4.87. The fraction of sp³-hybridized carbons (Fsp3) is 0.308. The second-order valence-electron chi connectivity index (χ2n) is 8.58. The Bertz CT molecular complexity index is 1090. The summed E-state index contributed by atoms with van der Waals surface area (Å²) in [6.45, 7) is 0.750. The summed E-state index contributed by atoms with van der Waals surface area (Å²) in [7, 11) is 2.10. The number of hydrogen-bond donors (Lipinski definition) is 0. The van der Waals surface area contributed by atoms with Crippen molar-refractivity contribution in [3.63, 3.8) is 0 Å². The Labute approximate surface area is 177 Å². The Morgan fingerprint density at radius 1 is 1.23 bits per heavy atom. The van der Waals surface area contributed by atoms with Crippen molar-refractivity contribution in [1.82, 2.24) is 9.47 Å². The third-order valence-corrected chi connectivity index (χ3v) is 6.64. The van der Waals surface area contributed by atoms with E-state index in [2.05, 4.69) is 54.6 Å². The first-order chi connectivity index (χ1) is 14.6. The lowest BCUT2D eigenvalue weighted by Gasteiger charge is -2.35. The first kappa shape index (κ1) is 19.0. The van der Waals surface area contributed by atoms with Crippen LogP contribution in [0.15, 0.2) is 65.9 Å². The molecule has 1 aliphatic heterocycles. The van der Waals surface area contributed by atoms with Crippen molar-refractivity contribution in [2.45, 2.75) is 31.7 Å². The quantitative estimate of drug-likeness (QED) is 0.735. The zero-order chi connectivity index (χ0) is 20.7. The van der Waals surface area contributed by atoms with Crippen LogP contribution >= 0.6 is 0 Å². The van der Waals surface area contributed by atoms with E-state index in [1.807, 2.05) is 22.8 Å². The molecule has 2 aromatic rings. The molecule has 3 aliphatic rings. The average molecular weight is 399 g/mol. The summed E-state index contributed by atoms with van der Waals surface area (Å²) in [5, 5.41) is 0. The molecule has 0 amide bonds. The third kappa shape index (κ3) is 3.31. The third-order valence-electron chi connectivity index (χ3n) is 6.64. The molecule has 0 saturated heterocycles. The topological polar surface area (TPSA) is 42.3 Å². The van der Waals surface area contributed by atoms with Crippen LogP contribution in [-0.4, -0.2) is 41.3 Å². The van der Waals surface area contributed by atoms with E-state index in [0.717, 1.165) is 37.8 Å². The smallest absolute Gasteiger partial charge is 0.231 e. The largest absolute Gasteiger partial charge is 0.303 e. The van der Waals surface area contributed by atoms with E-state index in [4.69, 9.17) is 0 Å². The molecule has 0 unspecified atom stereocenters. The van der Waals surface area contributed by atoms with Gasteiger partial charge in [-0.15, -0.1) is 0 Å². The Balaban J connectivity index is 1.47. The highest BCUT2D eigenvalue weighted by atomic mass is 16.2. The number of aromatic nitrogens is 1. The molecule has 152 valence electrons. The van der Waals surface area contributed by atoms with Crippen LogP contribution in [0, 0.1) is 5.92 Å². The highest BCUT2D eigenvalue weighted by molar-refractivity contribution is 5.83. The molecule has 2 aliphatic carbocycles. The molecule has 5 rings (SSSR count). The summed E-state index contributed by atoms with van der Waals surface area (Å²) in [6, 6.07) is 10.4. The monoisotopic (exact) mass is 398 g/mol. The van der Waals surface area contributed by atoms with Crippen molar-refractivity contribution in [1.29, 1.82) is 0 Å². The predicted octanol–water partition coefficient (Wildman–Crippen LogP) is 3.87. The molecule has 4 nitrogen and oxygen atoms in total. The SMILES string of the molecule is CN1C[C@H](C=O)C=C2C3=CC=Cc4c(c(cn4C(=O)CCc4ccccc4)C[C@H]21)C3. The summed E-state index contributed by atoms with van der Waals surface area (Å²) < 4.78 is 1.87. The number of carbonyl (C=O) groups excluding carboxylic acids is 2. The number of carbonyl (C=O) groups is 2. The van der Waals surface area contributed by atoms with E-state index in [-0.39, 0.29) is 17.9 Å². The van der Waals surface area contributed by atoms with Gasteiger partial charge < -0.3 is 4.79 Å². The molecule has 4 heteroatoms. The van der Waals surface area contributed by atoms with Gasteiger partial charge in [-0.05, 0) is 53.8 Å². The molecule has 1 aromatic carbocycles. The molecule has 0 fully saturated rings. The van der Waals surface area contributed by atoms with Gasteiger partial charge in [-0.2, -0.15) is 0 Å². The molecule has 30 heavy (non-hydrogen) atoms. The van der Waals surface area contributed by atoms with E-state index in [1.54, 1.807) is 0 Å². The van der Waals surface area contributed by atoms with E-state index < -0.39 is 0 Å². The normalized spacial score (nSPS) is 22.4. The lowest BCUT2D eigenvalue weighted by Crippen LogP contribution is -2.42. The maximum atomic E-state index is 13.1. The van der Waals surface area contributed by atoms with Crippen LogP contribution in [0.1, 0.15) is 33.6 Å². The molecule has 0 radical (unpaired) electrons. The van der Waals surface area contributed by atoms with Gasteiger partial charge in [-0.1, -0.05) is 48.6 Å². The maximum absolute atomic E-state index is 13.1. The van der Waals surface area contributed by atoms with Crippen LogP contribution in [0.3, 0.4) is 0 Å².